The standard InChI is InChI=1S/C16H16ClNO3S/c1-10(15(19)18-8-4-5-9-18)21-16(20)14-13(17)11-6-2-3-7-12(11)22-14/h2-3,6-7,10H,4-5,8-9H2,1H3/t10-/m0/s1. The first kappa shape index (κ1) is 15.3. The van der Waals surface area contributed by atoms with Gasteiger partial charge in [0.2, 0.25) is 0 Å². The average molecular weight is 338 g/mol. The summed E-state index contributed by atoms with van der Waals surface area (Å²) < 4.78 is 6.25. The van der Waals surface area contributed by atoms with E-state index < -0.39 is 12.1 Å². The minimum atomic E-state index is -0.785. The third-order valence-electron chi connectivity index (χ3n) is 3.77. The predicted molar refractivity (Wildman–Crippen MR) is 87.5 cm³/mol. The second-order valence-electron chi connectivity index (χ2n) is 5.32. The van der Waals surface area contributed by atoms with E-state index in [-0.39, 0.29) is 5.91 Å². The van der Waals surface area contributed by atoms with Gasteiger partial charge in [-0.25, -0.2) is 4.79 Å². The molecule has 1 aromatic heterocycles. The highest BCUT2D eigenvalue weighted by molar-refractivity contribution is 7.21. The molecule has 1 aliphatic heterocycles. The molecule has 0 unspecified atom stereocenters. The van der Waals surface area contributed by atoms with E-state index in [2.05, 4.69) is 0 Å². The number of thiophene rings is 1. The molecule has 0 N–H and O–H groups in total. The first-order valence-electron chi connectivity index (χ1n) is 7.24. The molecule has 2 aromatic rings. The van der Waals surface area contributed by atoms with Crippen molar-refractivity contribution in [2.75, 3.05) is 13.1 Å². The highest BCUT2D eigenvalue weighted by atomic mass is 35.5. The van der Waals surface area contributed by atoms with Crippen LogP contribution in [0.15, 0.2) is 24.3 Å². The van der Waals surface area contributed by atoms with E-state index in [1.54, 1.807) is 11.8 Å². The van der Waals surface area contributed by atoms with Crippen molar-refractivity contribution in [1.82, 2.24) is 4.90 Å². The quantitative estimate of drug-likeness (QED) is 0.802. The molecule has 0 spiro atoms. The normalized spacial score (nSPS) is 16.0. The molecule has 1 aliphatic rings. The molecule has 4 nitrogen and oxygen atoms in total. The van der Waals surface area contributed by atoms with Crippen molar-refractivity contribution in [1.29, 1.82) is 0 Å². The average Bonchev–Trinajstić information content (AvgIpc) is 3.15. The second kappa shape index (κ2) is 6.26. The zero-order chi connectivity index (χ0) is 15.7. The van der Waals surface area contributed by atoms with Crippen molar-refractivity contribution in [2.24, 2.45) is 0 Å². The van der Waals surface area contributed by atoms with Crippen LogP contribution in [0.25, 0.3) is 10.1 Å². The van der Waals surface area contributed by atoms with Gasteiger partial charge in [-0.1, -0.05) is 29.8 Å². The fourth-order valence-electron chi connectivity index (χ4n) is 2.60. The Bertz CT molecular complexity index is 721. The van der Waals surface area contributed by atoms with Gasteiger partial charge in [-0.2, -0.15) is 0 Å². The third-order valence-corrected chi connectivity index (χ3v) is 5.43. The zero-order valence-corrected chi connectivity index (χ0v) is 13.7. The number of carbonyl (C=O) groups excluding carboxylic acids is 2. The van der Waals surface area contributed by atoms with Crippen molar-refractivity contribution in [3.05, 3.63) is 34.2 Å². The summed E-state index contributed by atoms with van der Waals surface area (Å²) in [6, 6.07) is 7.53. The second-order valence-corrected chi connectivity index (χ2v) is 6.75. The van der Waals surface area contributed by atoms with Gasteiger partial charge in [0.15, 0.2) is 6.10 Å². The molecular formula is C16H16ClNO3S. The number of likely N-dealkylation sites (tertiary alicyclic amines) is 1. The van der Waals surface area contributed by atoms with Crippen LogP contribution >= 0.6 is 22.9 Å². The van der Waals surface area contributed by atoms with Crippen LogP contribution in [0, 0.1) is 0 Å². The van der Waals surface area contributed by atoms with Gasteiger partial charge in [-0.3, -0.25) is 4.79 Å². The molecular weight excluding hydrogens is 322 g/mol. The summed E-state index contributed by atoms with van der Waals surface area (Å²) in [6.45, 7) is 3.09. The molecule has 1 aromatic carbocycles. The van der Waals surface area contributed by atoms with Gasteiger partial charge in [-0.15, -0.1) is 11.3 Å². The van der Waals surface area contributed by atoms with Crippen LogP contribution in [0.2, 0.25) is 5.02 Å². The molecule has 3 rings (SSSR count). The molecule has 1 saturated heterocycles. The Balaban J connectivity index is 1.75. The molecule has 2 heterocycles. The largest absolute Gasteiger partial charge is 0.448 e. The number of nitrogens with zero attached hydrogens (tertiary/aromatic N) is 1. The Labute approximate surface area is 137 Å². The number of ether oxygens (including phenoxy) is 1. The van der Waals surface area contributed by atoms with Crippen molar-refractivity contribution in [2.45, 2.75) is 25.9 Å². The van der Waals surface area contributed by atoms with Crippen LogP contribution in [0.3, 0.4) is 0 Å². The SMILES string of the molecule is C[C@H](OC(=O)c1sc2ccccc2c1Cl)C(=O)N1CCCC1. The molecule has 22 heavy (non-hydrogen) atoms. The summed E-state index contributed by atoms with van der Waals surface area (Å²) in [5.41, 5.74) is 0. The molecule has 1 fully saturated rings. The van der Waals surface area contributed by atoms with E-state index in [0.29, 0.717) is 9.90 Å². The number of esters is 1. The Morgan fingerprint density at radius 2 is 1.95 bits per heavy atom. The van der Waals surface area contributed by atoms with E-state index >= 15 is 0 Å². The Kier molecular flexibility index (Phi) is 4.36. The van der Waals surface area contributed by atoms with Crippen molar-refractivity contribution < 1.29 is 14.3 Å². The Morgan fingerprint density at radius 3 is 2.64 bits per heavy atom. The van der Waals surface area contributed by atoms with Crippen molar-refractivity contribution in [3.63, 3.8) is 0 Å². The lowest BCUT2D eigenvalue weighted by Gasteiger charge is -2.20. The lowest BCUT2D eigenvalue weighted by Crippen LogP contribution is -2.38. The van der Waals surface area contributed by atoms with Crippen LogP contribution in [0.5, 0.6) is 0 Å². The van der Waals surface area contributed by atoms with Gasteiger partial charge in [0.05, 0.1) is 5.02 Å². The number of fused-ring (bicyclic) bond motifs is 1. The fourth-order valence-corrected chi connectivity index (χ4v) is 4.00. The maximum absolute atomic E-state index is 12.3. The maximum Gasteiger partial charge on any atom is 0.350 e. The van der Waals surface area contributed by atoms with Gasteiger partial charge in [0, 0.05) is 23.2 Å². The molecule has 0 radical (unpaired) electrons. The van der Waals surface area contributed by atoms with Crippen molar-refractivity contribution >= 4 is 44.9 Å². The number of hydrogen-bond acceptors (Lipinski definition) is 4. The number of benzene rings is 1. The summed E-state index contributed by atoms with van der Waals surface area (Å²) in [5, 5.41) is 1.23. The van der Waals surface area contributed by atoms with Crippen LogP contribution in [0.1, 0.15) is 29.4 Å². The summed E-state index contributed by atoms with van der Waals surface area (Å²) in [5.74, 6) is -0.672. The van der Waals surface area contributed by atoms with Crippen LogP contribution in [-0.2, 0) is 9.53 Å². The first-order valence-corrected chi connectivity index (χ1v) is 8.44. The Hall–Kier alpha value is -1.59. The van der Waals surface area contributed by atoms with E-state index in [9.17, 15) is 9.59 Å². The summed E-state index contributed by atoms with van der Waals surface area (Å²) in [4.78, 5) is 26.6. The highest BCUT2D eigenvalue weighted by Gasteiger charge is 2.28. The molecule has 0 aliphatic carbocycles. The Morgan fingerprint density at radius 1 is 1.27 bits per heavy atom. The van der Waals surface area contributed by atoms with E-state index in [1.807, 2.05) is 24.3 Å². The number of rotatable bonds is 3. The number of hydrogen-bond donors (Lipinski definition) is 0. The molecule has 0 saturated carbocycles. The molecule has 1 amide bonds. The van der Waals surface area contributed by atoms with Crippen molar-refractivity contribution in [3.8, 4) is 0 Å². The predicted octanol–water partition coefficient (Wildman–Crippen LogP) is 3.72. The third kappa shape index (κ3) is 2.83. The van der Waals surface area contributed by atoms with E-state index in [4.69, 9.17) is 16.3 Å². The summed E-state index contributed by atoms with van der Waals surface area (Å²) in [6.07, 6.45) is 1.23. The van der Waals surface area contributed by atoms with Crippen LogP contribution in [0.4, 0.5) is 0 Å². The number of carbonyl (C=O) groups is 2. The molecule has 0 bridgehead atoms. The molecule has 6 heteroatoms. The van der Waals surface area contributed by atoms with E-state index in [1.165, 1.54) is 11.3 Å². The summed E-state index contributed by atoms with van der Waals surface area (Å²) in [7, 11) is 0. The number of amides is 1. The van der Waals surface area contributed by atoms with Gasteiger partial charge in [0.1, 0.15) is 4.88 Å². The van der Waals surface area contributed by atoms with Crippen LogP contribution in [-0.4, -0.2) is 36.0 Å². The summed E-state index contributed by atoms with van der Waals surface area (Å²) >= 11 is 7.54. The van der Waals surface area contributed by atoms with Crippen LogP contribution < -0.4 is 0 Å². The highest BCUT2D eigenvalue weighted by Crippen LogP contribution is 2.35. The van der Waals surface area contributed by atoms with Gasteiger partial charge in [-0.05, 0) is 25.8 Å². The molecule has 1 atom stereocenters. The minimum absolute atomic E-state index is 0.136. The van der Waals surface area contributed by atoms with Gasteiger partial charge >= 0.3 is 5.97 Å². The molecule has 116 valence electrons. The number of halogens is 1. The minimum Gasteiger partial charge on any atom is -0.448 e. The lowest BCUT2D eigenvalue weighted by atomic mass is 10.2. The zero-order valence-electron chi connectivity index (χ0n) is 12.2. The lowest BCUT2D eigenvalue weighted by molar-refractivity contribution is -0.138. The maximum atomic E-state index is 12.3. The topological polar surface area (TPSA) is 46.6 Å². The smallest absolute Gasteiger partial charge is 0.350 e. The first-order chi connectivity index (χ1) is 10.6. The monoisotopic (exact) mass is 337 g/mol. The van der Waals surface area contributed by atoms with Gasteiger partial charge in [0.25, 0.3) is 5.91 Å². The van der Waals surface area contributed by atoms with Gasteiger partial charge < -0.3 is 9.64 Å². The van der Waals surface area contributed by atoms with E-state index in [0.717, 1.165) is 36.0 Å². The fraction of sp³-hybridized carbons (Fsp3) is 0.375.